The molecule has 138 valence electrons. The summed E-state index contributed by atoms with van der Waals surface area (Å²) in [6, 6.07) is 15.9. The zero-order chi connectivity index (χ0) is 18.5. The van der Waals surface area contributed by atoms with E-state index in [0.29, 0.717) is 29.6 Å². The van der Waals surface area contributed by atoms with Crippen LogP contribution in [0, 0.1) is 5.92 Å². The van der Waals surface area contributed by atoms with Crippen molar-refractivity contribution in [3.05, 3.63) is 59.7 Å². The molecule has 1 atom stereocenters. The van der Waals surface area contributed by atoms with Gasteiger partial charge in [0.15, 0.2) is 11.5 Å². The third kappa shape index (κ3) is 4.01. The fourth-order valence-electron chi connectivity index (χ4n) is 3.37. The van der Waals surface area contributed by atoms with E-state index in [2.05, 4.69) is 26.0 Å². The van der Waals surface area contributed by atoms with Gasteiger partial charge in [-0.25, -0.2) is 0 Å². The molecule has 1 unspecified atom stereocenters. The van der Waals surface area contributed by atoms with E-state index >= 15 is 0 Å². The molecule has 1 fully saturated rings. The second kappa shape index (κ2) is 8.26. The van der Waals surface area contributed by atoms with Gasteiger partial charge in [0, 0.05) is 12.1 Å². The zero-order valence-electron chi connectivity index (χ0n) is 15.8. The van der Waals surface area contributed by atoms with Crippen LogP contribution in [0.5, 0.6) is 11.5 Å². The first-order valence-electron chi connectivity index (χ1n) is 9.27. The first-order valence-corrected chi connectivity index (χ1v) is 9.27. The molecule has 0 bridgehead atoms. The maximum absolute atomic E-state index is 13.1. The summed E-state index contributed by atoms with van der Waals surface area (Å²) in [5, 5.41) is 0. The molecule has 0 spiro atoms. The number of carbonyl (C=O) groups excluding carboxylic acids is 1. The fourth-order valence-corrected chi connectivity index (χ4v) is 3.37. The largest absolute Gasteiger partial charge is 0.493 e. The van der Waals surface area contributed by atoms with Crippen LogP contribution in [0.25, 0.3) is 0 Å². The van der Waals surface area contributed by atoms with Gasteiger partial charge >= 0.3 is 0 Å². The lowest BCUT2D eigenvalue weighted by Crippen LogP contribution is -2.30. The van der Waals surface area contributed by atoms with Gasteiger partial charge in [-0.15, -0.1) is 0 Å². The molecule has 2 aromatic rings. The summed E-state index contributed by atoms with van der Waals surface area (Å²) < 4.78 is 11.2. The maximum Gasteiger partial charge on any atom is 0.254 e. The summed E-state index contributed by atoms with van der Waals surface area (Å²) in [7, 11) is 1.61. The van der Waals surface area contributed by atoms with Gasteiger partial charge in [0.2, 0.25) is 0 Å². The summed E-state index contributed by atoms with van der Waals surface area (Å²) in [5.41, 5.74) is 1.84. The van der Waals surface area contributed by atoms with Crippen LogP contribution in [0.2, 0.25) is 0 Å². The summed E-state index contributed by atoms with van der Waals surface area (Å²) in [6.45, 7) is 5.60. The fraction of sp³-hybridized carbons (Fsp3) is 0.409. The first-order chi connectivity index (χ1) is 12.6. The van der Waals surface area contributed by atoms with Gasteiger partial charge in [0.1, 0.15) is 0 Å². The molecule has 3 rings (SSSR count). The van der Waals surface area contributed by atoms with Gasteiger partial charge in [0.25, 0.3) is 5.91 Å². The van der Waals surface area contributed by atoms with Gasteiger partial charge < -0.3 is 14.4 Å². The lowest BCUT2D eigenvalue weighted by molar-refractivity contribution is 0.0735. The molecule has 1 amide bonds. The van der Waals surface area contributed by atoms with Gasteiger partial charge in [-0.3, -0.25) is 4.79 Å². The predicted molar refractivity (Wildman–Crippen MR) is 103 cm³/mol. The molecule has 0 radical (unpaired) electrons. The van der Waals surface area contributed by atoms with Gasteiger partial charge in [0.05, 0.1) is 19.8 Å². The lowest BCUT2D eigenvalue weighted by atomic mass is 10.0. The van der Waals surface area contributed by atoms with Crippen molar-refractivity contribution in [2.45, 2.75) is 32.7 Å². The Kier molecular flexibility index (Phi) is 5.82. The number of methoxy groups -OCH3 is 1. The lowest BCUT2D eigenvalue weighted by Gasteiger charge is -2.25. The topological polar surface area (TPSA) is 38.8 Å². The molecular weight excluding hydrogens is 326 g/mol. The van der Waals surface area contributed by atoms with Gasteiger partial charge in [-0.1, -0.05) is 44.2 Å². The Bertz CT molecular complexity index is 742. The van der Waals surface area contributed by atoms with Crippen LogP contribution in [-0.4, -0.2) is 31.1 Å². The number of hydrogen-bond donors (Lipinski definition) is 0. The van der Waals surface area contributed by atoms with E-state index in [4.69, 9.17) is 9.47 Å². The van der Waals surface area contributed by atoms with Gasteiger partial charge in [-0.05, 0) is 42.5 Å². The monoisotopic (exact) mass is 353 g/mol. The minimum atomic E-state index is 0.0464. The zero-order valence-corrected chi connectivity index (χ0v) is 15.8. The summed E-state index contributed by atoms with van der Waals surface area (Å²) >= 11 is 0. The third-order valence-electron chi connectivity index (χ3n) is 4.68. The molecule has 26 heavy (non-hydrogen) atoms. The van der Waals surface area contributed by atoms with Crippen LogP contribution in [0.3, 0.4) is 0 Å². The Morgan fingerprint density at radius 1 is 1.15 bits per heavy atom. The highest BCUT2D eigenvalue weighted by Gasteiger charge is 2.30. The van der Waals surface area contributed by atoms with Crippen molar-refractivity contribution < 1.29 is 14.3 Å². The molecule has 1 saturated heterocycles. The molecule has 4 nitrogen and oxygen atoms in total. The minimum absolute atomic E-state index is 0.0464. The van der Waals surface area contributed by atoms with E-state index < -0.39 is 0 Å². The molecule has 0 saturated carbocycles. The highest BCUT2D eigenvalue weighted by molar-refractivity contribution is 5.95. The highest BCUT2D eigenvalue weighted by atomic mass is 16.5. The van der Waals surface area contributed by atoms with Crippen molar-refractivity contribution in [2.75, 3.05) is 20.3 Å². The standard InChI is InChI=1S/C22H27NO3/c1-16(2)15-26-20-12-11-18(14-21(20)25-3)22(24)23-13-7-10-19(23)17-8-5-4-6-9-17/h4-6,8-9,11-12,14,16,19H,7,10,13,15H2,1-3H3. The first kappa shape index (κ1) is 18.3. The van der Waals surface area contributed by atoms with E-state index in [9.17, 15) is 4.79 Å². The predicted octanol–water partition coefficient (Wildman–Crippen LogP) is 4.71. The minimum Gasteiger partial charge on any atom is -0.493 e. The van der Waals surface area contributed by atoms with Crippen molar-refractivity contribution in [3.63, 3.8) is 0 Å². The number of amides is 1. The number of rotatable bonds is 6. The summed E-state index contributed by atoms with van der Waals surface area (Å²) in [4.78, 5) is 15.1. The molecule has 1 heterocycles. The SMILES string of the molecule is COc1cc(C(=O)N2CCCC2c2ccccc2)ccc1OCC(C)C. The van der Waals surface area contributed by atoms with Crippen LogP contribution in [0.4, 0.5) is 0 Å². The van der Waals surface area contributed by atoms with Crippen molar-refractivity contribution in [1.82, 2.24) is 4.90 Å². The maximum atomic E-state index is 13.1. The molecular formula is C22H27NO3. The van der Waals surface area contributed by atoms with Crippen molar-refractivity contribution in [1.29, 1.82) is 0 Å². The smallest absolute Gasteiger partial charge is 0.254 e. The number of benzene rings is 2. The molecule has 2 aromatic carbocycles. The van der Waals surface area contributed by atoms with E-state index in [1.54, 1.807) is 13.2 Å². The average Bonchev–Trinajstić information content (AvgIpc) is 3.16. The number of ether oxygens (including phenoxy) is 2. The molecule has 0 aliphatic carbocycles. The molecule has 0 aromatic heterocycles. The highest BCUT2D eigenvalue weighted by Crippen LogP contribution is 2.35. The van der Waals surface area contributed by atoms with Crippen molar-refractivity contribution in [3.8, 4) is 11.5 Å². The quantitative estimate of drug-likeness (QED) is 0.755. The Balaban J connectivity index is 1.80. The van der Waals surface area contributed by atoms with Crippen molar-refractivity contribution in [2.24, 2.45) is 5.92 Å². The van der Waals surface area contributed by atoms with Crippen LogP contribution < -0.4 is 9.47 Å². The van der Waals surface area contributed by atoms with Crippen LogP contribution >= 0.6 is 0 Å². The van der Waals surface area contributed by atoms with E-state index in [1.165, 1.54) is 5.56 Å². The average molecular weight is 353 g/mol. The second-order valence-corrected chi connectivity index (χ2v) is 7.14. The molecule has 0 N–H and O–H groups in total. The summed E-state index contributed by atoms with van der Waals surface area (Å²) in [6.07, 6.45) is 2.03. The van der Waals surface area contributed by atoms with Crippen molar-refractivity contribution >= 4 is 5.91 Å². The Morgan fingerprint density at radius 2 is 1.92 bits per heavy atom. The second-order valence-electron chi connectivity index (χ2n) is 7.14. The molecule has 1 aliphatic rings. The Morgan fingerprint density at radius 3 is 2.62 bits per heavy atom. The molecule has 1 aliphatic heterocycles. The van der Waals surface area contributed by atoms with Gasteiger partial charge in [-0.2, -0.15) is 0 Å². The van der Waals surface area contributed by atoms with E-state index in [1.807, 2.05) is 35.2 Å². The normalized spacial score (nSPS) is 16.8. The Labute approximate surface area is 155 Å². The number of nitrogens with zero attached hydrogens (tertiary/aromatic N) is 1. The van der Waals surface area contributed by atoms with Crippen LogP contribution in [0.15, 0.2) is 48.5 Å². The van der Waals surface area contributed by atoms with E-state index in [-0.39, 0.29) is 11.9 Å². The molecule has 4 heteroatoms. The third-order valence-corrected chi connectivity index (χ3v) is 4.68. The summed E-state index contributed by atoms with van der Waals surface area (Å²) in [5.74, 6) is 1.76. The van der Waals surface area contributed by atoms with Crippen LogP contribution in [0.1, 0.15) is 48.7 Å². The number of hydrogen-bond acceptors (Lipinski definition) is 3. The number of carbonyl (C=O) groups is 1. The van der Waals surface area contributed by atoms with E-state index in [0.717, 1.165) is 19.4 Å². The van der Waals surface area contributed by atoms with Crippen LogP contribution in [-0.2, 0) is 0 Å². The Hall–Kier alpha value is -2.49. The number of likely N-dealkylation sites (tertiary alicyclic amines) is 1.